The first-order valence-electron chi connectivity index (χ1n) is 6.99. The number of halogens is 2. The number of ether oxygens (including phenoxy) is 2. The number of rotatable bonds is 3. The van der Waals surface area contributed by atoms with E-state index in [9.17, 15) is 15.2 Å². The van der Waals surface area contributed by atoms with Gasteiger partial charge < -0.3 is 14.6 Å². The van der Waals surface area contributed by atoms with Gasteiger partial charge in [-0.3, -0.25) is 10.1 Å². The van der Waals surface area contributed by atoms with Crippen LogP contribution in [0.2, 0.25) is 5.02 Å². The Morgan fingerprint density at radius 1 is 1.29 bits per heavy atom. The highest BCUT2D eigenvalue weighted by molar-refractivity contribution is 6.30. The standard InChI is InChI=1S/C16H13Cl2NO5/c1-23-11-6-7-12-13(8-11)24-15(9-2-4-10(17)5-3-9)16(18,14(12)20)19(21)22/h2-8,14-15,20H,1H3/t14-,15-,16+/m0/s1. The van der Waals surface area contributed by atoms with Gasteiger partial charge in [0.05, 0.1) is 12.0 Å². The summed E-state index contributed by atoms with van der Waals surface area (Å²) in [4.78, 5) is 8.65. The number of aliphatic hydroxyl groups excluding tert-OH is 1. The van der Waals surface area contributed by atoms with Gasteiger partial charge in [0.15, 0.2) is 6.10 Å². The predicted octanol–water partition coefficient (Wildman–Crippen LogP) is 3.73. The molecule has 0 amide bonds. The first-order chi connectivity index (χ1) is 11.4. The van der Waals surface area contributed by atoms with E-state index in [1.54, 1.807) is 36.4 Å². The zero-order chi connectivity index (χ0) is 17.5. The van der Waals surface area contributed by atoms with Gasteiger partial charge in [-0.2, -0.15) is 0 Å². The third kappa shape index (κ3) is 2.56. The van der Waals surface area contributed by atoms with Crippen LogP contribution in [-0.2, 0) is 0 Å². The number of nitro groups is 1. The Balaban J connectivity index is 2.15. The topological polar surface area (TPSA) is 81.8 Å². The van der Waals surface area contributed by atoms with Crippen molar-refractivity contribution in [1.82, 2.24) is 0 Å². The van der Waals surface area contributed by atoms with Crippen molar-refractivity contribution in [3.8, 4) is 11.5 Å². The molecule has 8 heteroatoms. The molecular formula is C16H13Cl2NO5. The molecule has 1 heterocycles. The van der Waals surface area contributed by atoms with Gasteiger partial charge in [0.25, 0.3) is 0 Å². The van der Waals surface area contributed by atoms with Crippen LogP contribution >= 0.6 is 23.2 Å². The van der Waals surface area contributed by atoms with E-state index in [1.165, 1.54) is 13.2 Å². The minimum atomic E-state index is -2.27. The van der Waals surface area contributed by atoms with E-state index < -0.39 is 22.1 Å². The van der Waals surface area contributed by atoms with Crippen molar-refractivity contribution in [3.63, 3.8) is 0 Å². The van der Waals surface area contributed by atoms with Crippen molar-refractivity contribution >= 4 is 23.2 Å². The fraction of sp³-hybridized carbons (Fsp3) is 0.250. The molecule has 1 aliphatic rings. The molecule has 2 aromatic rings. The highest BCUT2D eigenvalue weighted by Gasteiger charge is 2.61. The van der Waals surface area contributed by atoms with Gasteiger partial charge in [0.1, 0.15) is 11.5 Å². The number of nitrogens with zero attached hydrogens (tertiary/aromatic N) is 1. The molecule has 6 nitrogen and oxygen atoms in total. The lowest BCUT2D eigenvalue weighted by Crippen LogP contribution is -2.49. The molecule has 0 bridgehead atoms. The number of alkyl halides is 1. The molecule has 126 valence electrons. The highest BCUT2D eigenvalue weighted by atomic mass is 35.5. The largest absolute Gasteiger partial charge is 0.497 e. The lowest BCUT2D eigenvalue weighted by molar-refractivity contribution is -0.570. The van der Waals surface area contributed by atoms with Gasteiger partial charge >= 0.3 is 5.00 Å². The Kier molecular flexibility index (Phi) is 4.29. The van der Waals surface area contributed by atoms with Crippen molar-refractivity contribution in [3.05, 3.63) is 68.7 Å². The van der Waals surface area contributed by atoms with Gasteiger partial charge in [-0.25, -0.2) is 0 Å². The van der Waals surface area contributed by atoms with Gasteiger partial charge in [-0.15, -0.1) is 0 Å². The van der Waals surface area contributed by atoms with Crippen molar-refractivity contribution in [2.75, 3.05) is 7.11 Å². The molecule has 1 aliphatic heterocycles. The molecule has 0 fully saturated rings. The molecule has 0 unspecified atom stereocenters. The highest BCUT2D eigenvalue weighted by Crippen LogP contribution is 2.52. The van der Waals surface area contributed by atoms with Crippen molar-refractivity contribution in [2.24, 2.45) is 0 Å². The van der Waals surface area contributed by atoms with Crippen LogP contribution in [0.1, 0.15) is 23.3 Å². The molecule has 0 aliphatic carbocycles. The molecule has 0 spiro atoms. The van der Waals surface area contributed by atoms with Crippen LogP contribution in [-0.4, -0.2) is 22.1 Å². The summed E-state index contributed by atoms with van der Waals surface area (Å²) >= 11 is 12.1. The number of hydrogen-bond acceptors (Lipinski definition) is 5. The van der Waals surface area contributed by atoms with E-state index in [4.69, 9.17) is 32.7 Å². The molecule has 0 saturated heterocycles. The lowest BCUT2D eigenvalue weighted by Gasteiger charge is -2.37. The van der Waals surface area contributed by atoms with Gasteiger partial charge in [-0.05, 0) is 35.9 Å². The Morgan fingerprint density at radius 2 is 1.96 bits per heavy atom. The van der Waals surface area contributed by atoms with E-state index in [-0.39, 0.29) is 11.3 Å². The molecule has 0 radical (unpaired) electrons. The second-order valence-electron chi connectivity index (χ2n) is 5.34. The number of aliphatic hydroxyl groups is 1. The zero-order valence-electron chi connectivity index (χ0n) is 12.5. The molecule has 0 saturated carbocycles. The quantitative estimate of drug-likeness (QED) is 0.385. The average molecular weight is 370 g/mol. The van der Waals surface area contributed by atoms with Crippen molar-refractivity contribution in [1.29, 1.82) is 0 Å². The maximum Gasteiger partial charge on any atom is 0.364 e. The number of fused-ring (bicyclic) bond motifs is 1. The van der Waals surface area contributed by atoms with Crippen LogP contribution in [0, 0.1) is 10.1 Å². The summed E-state index contributed by atoms with van der Waals surface area (Å²) in [6.45, 7) is 0. The third-order valence-corrected chi connectivity index (χ3v) is 4.76. The van der Waals surface area contributed by atoms with Crippen LogP contribution < -0.4 is 9.47 Å². The smallest absolute Gasteiger partial charge is 0.364 e. The molecule has 2 aromatic carbocycles. The Hall–Kier alpha value is -2.02. The van der Waals surface area contributed by atoms with Gasteiger partial charge in [0, 0.05) is 22.2 Å². The zero-order valence-corrected chi connectivity index (χ0v) is 14.0. The summed E-state index contributed by atoms with van der Waals surface area (Å²) in [5.41, 5.74) is 0.659. The number of benzene rings is 2. The lowest BCUT2D eigenvalue weighted by atomic mass is 9.89. The normalized spacial score (nSPS) is 25.5. The Morgan fingerprint density at radius 3 is 2.54 bits per heavy atom. The summed E-state index contributed by atoms with van der Waals surface area (Å²) in [5.74, 6) is 0.777. The monoisotopic (exact) mass is 369 g/mol. The average Bonchev–Trinajstić information content (AvgIpc) is 2.58. The maximum absolute atomic E-state index is 11.7. The van der Waals surface area contributed by atoms with Crippen LogP contribution in [0.5, 0.6) is 11.5 Å². The van der Waals surface area contributed by atoms with E-state index >= 15 is 0 Å². The van der Waals surface area contributed by atoms with Gasteiger partial charge in [0.2, 0.25) is 6.10 Å². The van der Waals surface area contributed by atoms with Crippen LogP contribution in [0.15, 0.2) is 42.5 Å². The molecule has 24 heavy (non-hydrogen) atoms. The first kappa shape index (κ1) is 16.8. The summed E-state index contributed by atoms with van der Waals surface area (Å²) in [7, 11) is 1.49. The van der Waals surface area contributed by atoms with Crippen LogP contribution in [0.3, 0.4) is 0 Å². The summed E-state index contributed by atoms with van der Waals surface area (Å²) in [6, 6.07) is 10.9. The summed E-state index contributed by atoms with van der Waals surface area (Å²) < 4.78 is 10.9. The van der Waals surface area contributed by atoms with E-state index in [0.29, 0.717) is 16.3 Å². The number of hydrogen-bond donors (Lipinski definition) is 1. The molecular weight excluding hydrogens is 357 g/mol. The molecule has 1 N–H and O–H groups in total. The minimum Gasteiger partial charge on any atom is -0.497 e. The predicted molar refractivity (Wildman–Crippen MR) is 88.4 cm³/mol. The SMILES string of the molecule is COc1ccc2c(c1)O[C@@H](c1ccc(Cl)cc1)[C@](Cl)([N+](=O)[O-])[C@H]2O. The number of methoxy groups -OCH3 is 1. The fourth-order valence-electron chi connectivity index (χ4n) is 2.68. The maximum atomic E-state index is 11.7. The van der Waals surface area contributed by atoms with Crippen molar-refractivity contribution < 1.29 is 19.5 Å². The Bertz CT molecular complexity index is 783. The Labute approximate surface area is 147 Å². The summed E-state index contributed by atoms with van der Waals surface area (Å²) in [6.07, 6.45) is -2.77. The third-order valence-electron chi connectivity index (χ3n) is 3.96. The molecule has 0 aromatic heterocycles. The second kappa shape index (κ2) is 6.12. The van der Waals surface area contributed by atoms with Gasteiger partial charge in [-0.1, -0.05) is 23.7 Å². The molecule has 3 rings (SSSR count). The molecule has 3 atom stereocenters. The first-order valence-corrected chi connectivity index (χ1v) is 7.75. The second-order valence-corrected chi connectivity index (χ2v) is 6.38. The van der Waals surface area contributed by atoms with E-state index in [2.05, 4.69) is 0 Å². The van der Waals surface area contributed by atoms with Crippen LogP contribution in [0.25, 0.3) is 0 Å². The summed E-state index contributed by atoms with van der Waals surface area (Å²) in [5, 5.41) is 22.7. The van der Waals surface area contributed by atoms with Crippen molar-refractivity contribution in [2.45, 2.75) is 17.2 Å². The van der Waals surface area contributed by atoms with E-state index in [1.807, 2.05) is 0 Å². The van der Waals surface area contributed by atoms with Crippen LogP contribution in [0.4, 0.5) is 0 Å². The minimum absolute atomic E-state index is 0.229. The fourth-order valence-corrected chi connectivity index (χ4v) is 3.09. The van der Waals surface area contributed by atoms with E-state index in [0.717, 1.165) is 0 Å².